The van der Waals surface area contributed by atoms with Crippen LogP contribution in [0.1, 0.15) is 20.3 Å². The first-order valence-corrected chi connectivity index (χ1v) is 7.39. The van der Waals surface area contributed by atoms with Crippen molar-refractivity contribution in [1.29, 1.82) is 0 Å². The molecule has 0 aliphatic carbocycles. The SMILES string of the molecule is CC(C)C[C@@H](N)C(=O)N1CCOCCOCCOCC1. The zero-order valence-corrected chi connectivity index (χ0v) is 12.7. The van der Waals surface area contributed by atoms with Crippen LogP contribution >= 0.6 is 0 Å². The molecule has 6 heteroatoms. The topological polar surface area (TPSA) is 74.0 Å². The van der Waals surface area contributed by atoms with Gasteiger partial charge in [-0.3, -0.25) is 4.79 Å². The van der Waals surface area contributed by atoms with E-state index in [0.717, 1.165) is 0 Å². The highest BCUT2D eigenvalue weighted by atomic mass is 16.5. The molecule has 1 aliphatic heterocycles. The summed E-state index contributed by atoms with van der Waals surface area (Å²) in [6.45, 7) is 8.44. The predicted octanol–water partition coefficient (Wildman–Crippen LogP) is 0.252. The van der Waals surface area contributed by atoms with Crippen molar-refractivity contribution in [2.75, 3.05) is 52.7 Å². The van der Waals surface area contributed by atoms with E-state index >= 15 is 0 Å². The summed E-state index contributed by atoms with van der Waals surface area (Å²) >= 11 is 0. The molecule has 0 bridgehead atoms. The predicted molar refractivity (Wildman–Crippen MR) is 76.5 cm³/mol. The number of carbonyl (C=O) groups is 1. The van der Waals surface area contributed by atoms with Crippen LogP contribution in [0.25, 0.3) is 0 Å². The summed E-state index contributed by atoms with van der Waals surface area (Å²) in [5.41, 5.74) is 5.97. The Kier molecular flexibility index (Phi) is 8.77. The van der Waals surface area contributed by atoms with Gasteiger partial charge in [-0.25, -0.2) is 0 Å². The molecule has 6 nitrogen and oxygen atoms in total. The number of amides is 1. The van der Waals surface area contributed by atoms with Gasteiger partial charge in [0.25, 0.3) is 0 Å². The van der Waals surface area contributed by atoms with Crippen LogP contribution < -0.4 is 5.73 Å². The van der Waals surface area contributed by atoms with Gasteiger partial charge in [-0.05, 0) is 12.3 Å². The number of nitrogens with two attached hydrogens (primary N) is 1. The Morgan fingerprint density at radius 3 is 1.90 bits per heavy atom. The van der Waals surface area contributed by atoms with Crippen LogP contribution in [0.3, 0.4) is 0 Å². The first-order valence-electron chi connectivity index (χ1n) is 7.39. The van der Waals surface area contributed by atoms with Gasteiger partial charge >= 0.3 is 0 Å². The molecule has 1 fully saturated rings. The first-order chi connectivity index (χ1) is 9.61. The van der Waals surface area contributed by atoms with Gasteiger partial charge in [0.15, 0.2) is 0 Å². The lowest BCUT2D eigenvalue weighted by Crippen LogP contribution is -2.47. The molecule has 0 radical (unpaired) electrons. The van der Waals surface area contributed by atoms with E-state index in [-0.39, 0.29) is 5.91 Å². The molecule has 0 aromatic rings. The molecule has 0 aromatic carbocycles. The molecule has 0 aromatic heterocycles. The van der Waals surface area contributed by atoms with Crippen molar-refractivity contribution in [3.8, 4) is 0 Å². The van der Waals surface area contributed by atoms with E-state index in [9.17, 15) is 4.79 Å². The maximum atomic E-state index is 12.3. The lowest BCUT2D eigenvalue weighted by Gasteiger charge is -2.26. The van der Waals surface area contributed by atoms with Gasteiger partial charge in [0.1, 0.15) is 0 Å². The Morgan fingerprint density at radius 2 is 1.45 bits per heavy atom. The third-order valence-electron chi connectivity index (χ3n) is 3.11. The van der Waals surface area contributed by atoms with Crippen LogP contribution in [0.15, 0.2) is 0 Å². The van der Waals surface area contributed by atoms with Gasteiger partial charge in [0, 0.05) is 13.1 Å². The Balaban J connectivity index is 2.46. The highest BCUT2D eigenvalue weighted by Gasteiger charge is 2.21. The molecule has 20 heavy (non-hydrogen) atoms. The Hall–Kier alpha value is -0.690. The van der Waals surface area contributed by atoms with Crippen molar-refractivity contribution in [3.05, 3.63) is 0 Å². The van der Waals surface area contributed by atoms with Crippen molar-refractivity contribution in [3.63, 3.8) is 0 Å². The second-order valence-electron chi connectivity index (χ2n) is 5.40. The molecule has 1 amide bonds. The van der Waals surface area contributed by atoms with Crippen LogP contribution in [0.2, 0.25) is 0 Å². The number of hydrogen-bond acceptors (Lipinski definition) is 5. The minimum absolute atomic E-state index is 0.0146. The minimum atomic E-state index is -0.439. The van der Waals surface area contributed by atoms with E-state index < -0.39 is 6.04 Å². The van der Waals surface area contributed by atoms with Gasteiger partial charge in [-0.15, -0.1) is 0 Å². The Morgan fingerprint density at radius 1 is 1.00 bits per heavy atom. The fourth-order valence-corrected chi connectivity index (χ4v) is 2.07. The van der Waals surface area contributed by atoms with Gasteiger partial charge in [0.05, 0.1) is 45.7 Å². The van der Waals surface area contributed by atoms with Crippen LogP contribution in [0, 0.1) is 5.92 Å². The van der Waals surface area contributed by atoms with Gasteiger partial charge in [-0.1, -0.05) is 13.8 Å². The van der Waals surface area contributed by atoms with Crippen LogP contribution in [0.5, 0.6) is 0 Å². The summed E-state index contributed by atoms with van der Waals surface area (Å²) in [7, 11) is 0. The number of carbonyl (C=O) groups excluding carboxylic acids is 1. The average Bonchev–Trinajstić information content (AvgIpc) is 2.38. The molecule has 118 valence electrons. The third kappa shape index (κ3) is 7.19. The van der Waals surface area contributed by atoms with Gasteiger partial charge < -0.3 is 24.8 Å². The molecular formula is C14H28N2O4. The zero-order chi connectivity index (χ0) is 14.8. The fraction of sp³-hybridized carbons (Fsp3) is 0.929. The average molecular weight is 288 g/mol. The van der Waals surface area contributed by atoms with E-state index in [2.05, 4.69) is 13.8 Å². The van der Waals surface area contributed by atoms with Crippen LogP contribution in [-0.2, 0) is 19.0 Å². The van der Waals surface area contributed by atoms with Crippen molar-refractivity contribution in [1.82, 2.24) is 4.90 Å². The van der Waals surface area contributed by atoms with E-state index in [4.69, 9.17) is 19.9 Å². The second kappa shape index (κ2) is 10.1. The summed E-state index contributed by atoms with van der Waals surface area (Å²) in [5.74, 6) is 0.394. The maximum Gasteiger partial charge on any atom is 0.239 e. The monoisotopic (exact) mass is 288 g/mol. The van der Waals surface area contributed by atoms with Crippen LogP contribution in [0.4, 0.5) is 0 Å². The molecule has 0 unspecified atom stereocenters. The standard InChI is InChI=1S/C14H28N2O4/c1-12(2)11-13(15)14(17)16-3-5-18-7-9-20-10-8-19-6-4-16/h12-13H,3-11,15H2,1-2H3/t13-/m1/s1. The Bertz CT molecular complexity index is 262. The molecule has 1 aliphatic rings. The second-order valence-corrected chi connectivity index (χ2v) is 5.40. The molecular weight excluding hydrogens is 260 g/mol. The minimum Gasteiger partial charge on any atom is -0.377 e. The third-order valence-corrected chi connectivity index (χ3v) is 3.11. The summed E-state index contributed by atoms with van der Waals surface area (Å²) in [6.07, 6.45) is 0.699. The summed E-state index contributed by atoms with van der Waals surface area (Å²) < 4.78 is 16.2. The van der Waals surface area contributed by atoms with Crippen molar-refractivity contribution >= 4 is 5.91 Å². The van der Waals surface area contributed by atoms with Crippen molar-refractivity contribution < 1.29 is 19.0 Å². The highest BCUT2D eigenvalue weighted by molar-refractivity contribution is 5.81. The molecule has 1 rings (SSSR count). The largest absolute Gasteiger partial charge is 0.377 e. The zero-order valence-electron chi connectivity index (χ0n) is 12.7. The van der Waals surface area contributed by atoms with Crippen LogP contribution in [-0.4, -0.2) is 69.6 Å². The van der Waals surface area contributed by atoms with E-state index in [1.807, 2.05) is 0 Å². The molecule has 0 saturated carbocycles. The maximum absolute atomic E-state index is 12.3. The number of nitrogens with zero attached hydrogens (tertiary/aromatic N) is 1. The van der Waals surface area contributed by atoms with Crippen molar-refractivity contribution in [2.24, 2.45) is 11.7 Å². The summed E-state index contributed by atoms with van der Waals surface area (Å²) in [6, 6.07) is -0.439. The lowest BCUT2D eigenvalue weighted by atomic mass is 10.0. The number of ether oxygens (including phenoxy) is 3. The van der Waals surface area contributed by atoms with Gasteiger partial charge in [0.2, 0.25) is 5.91 Å². The molecule has 2 N–H and O–H groups in total. The molecule has 0 spiro atoms. The fourth-order valence-electron chi connectivity index (χ4n) is 2.07. The summed E-state index contributed by atoms with van der Waals surface area (Å²) in [4.78, 5) is 14.1. The van der Waals surface area contributed by atoms with Gasteiger partial charge in [-0.2, -0.15) is 0 Å². The molecule has 1 saturated heterocycles. The quantitative estimate of drug-likeness (QED) is 0.806. The normalized spacial score (nSPS) is 21.1. The Labute approximate surface area is 121 Å². The molecule has 1 atom stereocenters. The van der Waals surface area contributed by atoms with Crippen molar-refractivity contribution in [2.45, 2.75) is 26.3 Å². The number of rotatable bonds is 3. The first kappa shape index (κ1) is 17.4. The lowest BCUT2D eigenvalue weighted by molar-refractivity contribution is -0.135. The van der Waals surface area contributed by atoms with E-state index in [1.165, 1.54) is 0 Å². The smallest absolute Gasteiger partial charge is 0.239 e. The van der Waals surface area contributed by atoms with E-state index in [0.29, 0.717) is 65.1 Å². The number of hydrogen-bond donors (Lipinski definition) is 1. The van der Waals surface area contributed by atoms with E-state index in [1.54, 1.807) is 4.90 Å². The highest BCUT2D eigenvalue weighted by Crippen LogP contribution is 2.06. The molecule has 1 heterocycles. The summed E-state index contributed by atoms with van der Waals surface area (Å²) in [5, 5.41) is 0.